The van der Waals surface area contributed by atoms with Gasteiger partial charge in [0.2, 0.25) is 0 Å². The van der Waals surface area contributed by atoms with E-state index in [0.29, 0.717) is 79.4 Å². The molecule has 0 saturated carbocycles. The van der Waals surface area contributed by atoms with Gasteiger partial charge in [-0.3, -0.25) is 9.69 Å². The summed E-state index contributed by atoms with van der Waals surface area (Å²) in [5.74, 6) is 3.78. The minimum absolute atomic E-state index is 0. The third-order valence-electron chi connectivity index (χ3n) is 18.2. The number of alkyl halides is 6. The zero-order valence-corrected chi connectivity index (χ0v) is 74.0. The fourth-order valence-electron chi connectivity index (χ4n) is 12.8. The van der Waals surface area contributed by atoms with Crippen LogP contribution in [0.15, 0.2) is 267 Å². The number of nitriles is 2. The minimum Gasteiger partial charge on any atom is -0.316 e. The number of para-hydroxylation sites is 4. The van der Waals surface area contributed by atoms with Gasteiger partial charge >= 0.3 is 12.4 Å². The summed E-state index contributed by atoms with van der Waals surface area (Å²) in [7, 11) is 0. The molecule has 16 aromatic rings. The monoisotopic (exact) mass is 2330 g/mol. The Kier molecular flexibility index (Phi) is 31.6. The molecule has 0 aliphatic rings. The number of aryl methyl sites for hydroxylation is 4. The van der Waals surface area contributed by atoms with Crippen LogP contribution >= 0.6 is 0 Å². The molecule has 0 unspecified atom stereocenters. The zero-order chi connectivity index (χ0) is 83.0. The summed E-state index contributed by atoms with van der Waals surface area (Å²) in [6, 6.07) is 94.6. The molecule has 0 N–H and O–H groups in total. The second kappa shape index (κ2) is 41.8. The molecule has 18 nitrogen and oxygen atoms in total. The molecule has 16 rings (SSSR count). The van der Waals surface area contributed by atoms with E-state index in [2.05, 4.69) is 157 Å². The zero-order valence-electron chi connectivity index (χ0n) is 64.5. The van der Waals surface area contributed by atoms with E-state index in [-0.39, 0.29) is 114 Å². The SMILES string of the molecule is CCc1cc[c-]c(-c2nnc(-c3cccc(CC)c3)n2-c2ccccc2)c1.Cc1cc(-c2nnc(-c3cc(C)cc(C(F)(F)F)c3)n2-c2ccccc2)[c-]c(C(F)(F)F)c1.[C-]#[N+]c1cc(C#N)[c-]c(-c2nnc(-c3cc(C#N)cc([N+]#[C-])c3)n2-c2ccccc2)c1.[C-]#[N+]c1cc[c-]c(-c2nnc(-c3cccc([N+]#[C-])c3)n2-c2ccccc2)c1.[Ir].[Ir].[Ir].[Ir]. The topological polar surface area (TPSA) is 188 Å². The Morgan fingerprint density at radius 1 is 0.344 bits per heavy atom. The van der Waals surface area contributed by atoms with Crippen LogP contribution in [0.2, 0.25) is 0 Å². The van der Waals surface area contributed by atoms with Crippen molar-refractivity contribution in [3.63, 3.8) is 0 Å². The smallest absolute Gasteiger partial charge is 0.316 e. The van der Waals surface area contributed by atoms with Crippen LogP contribution in [0.1, 0.15) is 58.4 Å². The Morgan fingerprint density at radius 2 is 0.738 bits per heavy atom. The molecule has 0 saturated heterocycles. The number of hydrogen-bond acceptors (Lipinski definition) is 10. The van der Waals surface area contributed by atoms with E-state index in [1.54, 1.807) is 83.4 Å². The normalized spacial score (nSPS) is 10.5. The summed E-state index contributed by atoms with van der Waals surface area (Å²) in [5.41, 5.74) is 11.4. The number of hydrogen-bond donors (Lipinski definition) is 0. The van der Waals surface area contributed by atoms with Crippen molar-refractivity contribution in [1.29, 1.82) is 10.5 Å². The van der Waals surface area contributed by atoms with Crippen LogP contribution in [-0.2, 0) is 106 Å². The number of aromatic nitrogens is 12. The van der Waals surface area contributed by atoms with Crippen LogP contribution in [0.5, 0.6) is 0 Å². The van der Waals surface area contributed by atoms with E-state index < -0.39 is 23.5 Å². The molecule has 0 aliphatic heterocycles. The van der Waals surface area contributed by atoms with E-state index in [1.807, 2.05) is 108 Å². The van der Waals surface area contributed by atoms with Crippen molar-refractivity contribution in [2.75, 3.05) is 0 Å². The fraction of sp³-hybridized carbons (Fsp3) is 0.0851. The minimum atomic E-state index is -4.63. The number of nitrogens with zero attached hydrogens (tertiary/aromatic N) is 18. The Bertz CT molecular complexity index is 6270. The summed E-state index contributed by atoms with van der Waals surface area (Å²) in [5, 5.41) is 53.3. The van der Waals surface area contributed by atoms with Gasteiger partial charge in [-0.25, -0.2) is 15.0 Å². The van der Waals surface area contributed by atoms with Gasteiger partial charge in [0.15, 0.2) is 34.7 Å². The molecule has 4 heterocycles. The van der Waals surface area contributed by atoms with Crippen molar-refractivity contribution in [2.24, 2.45) is 0 Å². The predicted molar refractivity (Wildman–Crippen MR) is 437 cm³/mol. The van der Waals surface area contributed by atoms with Gasteiger partial charge in [0.05, 0.1) is 55.4 Å². The predicted octanol–water partition coefficient (Wildman–Crippen LogP) is 23.3. The maximum absolute atomic E-state index is 13.4. The van der Waals surface area contributed by atoms with Crippen molar-refractivity contribution in [2.45, 2.75) is 52.9 Å². The van der Waals surface area contributed by atoms with Gasteiger partial charge < -0.3 is 18.3 Å². The summed E-state index contributed by atoms with van der Waals surface area (Å²) < 4.78 is 87.6. The summed E-state index contributed by atoms with van der Waals surface area (Å²) in [6.45, 7) is 36.5. The first-order chi connectivity index (χ1) is 57.2. The summed E-state index contributed by atoms with van der Waals surface area (Å²) in [6.07, 6.45) is -7.23. The number of rotatable bonds is 14. The molecular weight excluding hydrogens is 2260 g/mol. The number of halogens is 6. The summed E-state index contributed by atoms with van der Waals surface area (Å²) in [4.78, 5) is 13.9. The van der Waals surface area contributed by atoms with Crippen LogP contribution in [0.3, 0.4) is 0 Å². The van der Waals surface area contributed by atoms with Crippen molar-refractivity contribution >= 4 is 22.7 Å². The standard InChI is InChI=1S/C24H16F6N3.C24H10N7.C24H22N3.C22H12N5.4Ir/c1-14-8-16(12-18(10-14)23(25,26)27)21-31-32-22(33(21)20-6-4-3-5-7-20)17-9-15(2)11-19(13-17)24(28,29)30;1-27-20-10-16(14-25)8-18(12-20)23-29-30-24(31(23)22-6-4-3-5-7-22)19-9-17(15-26)11-21(13-19)28-2;1-3-18-10-8-12-20(16-18)23-25-26-24(21-13-9-11-19(4-2)17-21)27(23)22-14-6-5-7-15-22;1-23-18-10-6-8-16(14-18)21-25-26-22(17-9-7-11-19(15-17)24-2)27(21)20-12-4-3-5-13-20;;;;/h3-12H,1-2H3;3-8,10-13H;5-12,14-17H,3-4H2,1-2H3;3-8,10-15H;;;;/q4*-1;;;;. The van der Waals surface area contributed by atoms with Crippen LogP contribution < -0.4 is 0 Å². The largest absolute Gasteiger partial charge is 0.416 e. The maximum Gasteiger partial charge on any atom is 0.416 e. The van der Waals surface area contributed by atoms with E-state index in [4.69, 9.17) is 26.3 Å². The van der Waals surface area contributed by atoms with E-state index in [1.165, 1.54) is 53.8 Å². The Balaban J connectivity index is 0.000000183. The van der Waals surface area contributed by atoms with Crippen molar-refractivity contribution in [3.05, 3.63) is 381 Å². The van der Waals surface area contributed by atoms with Gasteiger partial charge in [-0.2, -0.15) is 58.1 Å². The molecule has 0 fully saturated rings. The van der Waals surface area contributed by atoms with Crippen molar-refractivity contribution < 1.29 is 107 Å². The molecule has 0 atom stereocenters. The first-order valence-corrected chi connectivity index (χ1v) is 36.3. The molecule has 0 bridgehead atoms. The van der Waals surface area contributed by atoms with Gasteiger partial charge in [-0.15, -0.1) is 127 Å². The van der Waals surface area contributed by atoms with Crippen molar-refractivity contribution in [1.82, 2.24) is 59.1 Å². The maximum atomic E-state index is 13.4. The molecular formula is C94H60F6Ir4N18-4. The van der Waals surface area contributed by atoms with Crippen LogP contribution in [0, 0.1) is 87.1 Å². The second-order valence-corrected chi connectivity index (χ2v) is 26.3. The van der Waals surface area contributed by atoms with Gasteiger partial charge in [0.1, 0.15) is 17.2 Å². The summed E-state index contributed by atoms with van der Waals surface area (Å²) >= 11 is 0. The molecule has 0 spiro atoms. The first kappa shape index (κ1) is 92.2. The molecule has 12 aromatic carbocycles. The third-order valence-corrected chi connectivity index (χ3v) is 18.2. The van der Waals surface area contributed by atoms with E-state index in [0.717, 1.165) is 76.4 Å². The number of benzene rings is 12. The molecule has 28 heteroatoms. The molecule has 0 amide bonds. The molecule has 4 aromatic heterocycles. The molecule has 0 aliphatic carbocycles. The van der Waals surface area contributed by atoms with Crippen LogP contribution in [0.4, 0.5) is 49.1 Å². The second-order valence-electron chi connectivity index (χ2n) is 26.3. The Hall–Kier alpha value is -13.7. The van der Waals surface area contributed by atoms with Gasteiger partial charge in [0.25, 0.3) is 0 Å². The quantitative estimate of drug-likeness (QED) is 0.0748. The van der Waals surface area contributed by atoms with Crippen LogP contribution in [-0.4, -0.2) is 59.1 Å². The van der Waals surface area contributed by atoms with Crippen LogP contribution in [0.25, 0.3) is 133 Å². The Labute approximate surface area is 753 Å². The average Bonchev–Trinajstić information content (AvgIpc) is 1.61. The Morgan fingerprint density at radius 3 is 1.20 bits per heavy atom. The first-order valence-electron chi connectivity index (χ1n) is 36.3. The van der Waals surface area contributed by atoms with Crippen molar-refractivity contribution in [3.8, 4) is 126 Å². The van der Waals surface area contributed by atoms with Gasteiger partial charge in [-0.1, -0.05) is 141 Å². The average molecular weight is 2320 g/mol. The third kappa shape index (κ3) is 21.5. The molecule has 4 radical (unpaired) electrons. The van der Waals surface area contributed by atoms with Gasteiger partial charge in [0, 0.05) is 131 Å². The fourth-order valence-corrected chi connectivity index (χ4v) is 12.8. The van der Waals surface area contributed by atoms with E-state index in [9.17, 15) is 36.9 Å². The van der Waals surface area contributed by atoms with E-state index >= 15 is 0 Å². The van der Waals surface area contributed by atoms with Gasteiger partial charge in [-0.05, 0) is 140 Å². The molecule has 122 heavy (non-hydrogen) atoms. The molecule has 608 valence electrons.